The number of benzene rings is 1. The molecule has 2 nitrogen and oxygen atoms in total. The number of methoxy groups -OCH3 is 1. The molecule has 0 unspecified atom stereocenters. The first-order valence-electron chi connectivity index (χ1n) is 4.31. The van der Waals surface area contributed by atoms with Crippen LogP contribution in [0.3, 0.4) is 0 Å². The highest BCUT2D eigenvalue weighted by molar-refractivity contribution is 6.32. The topological polar surface area (TPSA) is 22.1 Å². The van der Waals surface area contributed by atoms with Gasteiger partial charge in [0.15, 0.2) is 0 Å². The molecule has 1 heterocycles. The molecule has 0 saturated heterocycles. The van der Waals surface area contributed by atoms with E-state index in [1.165, 1.54) is 0 Å². The second-order valence-corrected chi connectivity index (χ2v) is 3.52. The first-order chi connectivity index (χ1) is 6.72. The highest BCUT2D eigenvalue weighted by Gasteiger charge is 2.03. The normalized spacial score (nSPS) is 10.5. The van der Waals surface area contributed by atoms with Gasteiger partial charge < -0.3 is 4.74 Å². The second kappa shape index (κ2) is 3.46. The summed E-state index contributed by atoms with van der Waals surface area (Å²) in [6.07, 6.45) is 1.67. The molecule has 1 aromatic heterocycles. The highest BCUT2D eigenvalue weighted by atomic mass is 35.5. The Hall–Kier alpha value is -1.28. The molecule has 2 aromatic rings. The number of halogens is 1. The van der Waals surface area contributed by atoms with Crippen LogP contribution in [-0.4, -0.2) is 12.1 Å². The Morgan fingerprint density at radius 3 is 2.86 bits per heavy atom. The molecule has 0 fully saturated rings. The number of ether oxygens (including phenoxy) is 1. The number of aromatic nitrogens is 1. The van der Waals surface area contributed by atoms with E-state index in [0.29, 0.717) is 5.02 Å². The van der Waals surface area contributed by atoms with Gasteiger partial charge >= 0.3 is 0 Å². The minimum absolute atomic E-state index is 0.697. The predicted molar refractivity (Wildman–Crippen MR) is 58.0 cm³/mol. The second-order valence-electron chi connectivity index (χ2n) is 3.11. The van der Waals surface area contributed by atoms with Gasteiger partial charge in [-0.15, -0.1) is 0 Å². The average molecular weight is 208 g/mol. The lowest BCUT2D eigenvalue weighted by molar-refractivity contribution is 0.415. The molecule has 0 amide bonds. The molecule has 1 aromatic carbocycles. The van der Waals surface area contributed by atoms with Crippen LogP contribution >= 0.6 is 11.6 Å². The fourth-order valence-corrected chi connectivity index (χ4v) is 1.56. The quantitative estimate of drug-likeness (QED) is 0.717. The standard InChI is InChI=1S/C11H10ClNO/c1-7-9-4-3-8(14-2)5-11(9)13-6-10(7)12/h3-6H,1-2H3. The number of hydrogen-bond donors (Lipinski definition) is 0. The number of rotatable bonds is 1. The van der Waals surface area contributed by atoms with Gasteiger partial charge in [0, 0.05) is 17.6 Å². The lowest BCUT2D eigenvalue weighted by Gasteiger charge is -2.05. The smallest absolute Gasteiger partial charge is 0.121 e. The largest absolute Gasteiger partial charge is 0.497 e. The first kappa shape index (κ1) is 9.28. The minimum Gasteiger partial charge on any atom is -0.497 e. The van der Waals surface area contributed by atoms with Gasteiger partial charge in [0.2, 0.25) is 0 Å². The molecule has 0 aliphatic heterocycles. The van der Waals surface area contributed by atoms with Crippen LogP contribution in [-0.2, 0) is 0 Å². The van der Waals surface area contributed by atoms with Crippen LogP contribution in [0.5, 0.6) is 5.75 Å². The maximum Gasteiger partial charge on any atom is 0.121 e. The summed E-state index contributed by atoms with van der Waals surface area (Å²) in [4.78, 5) is 4.24. The van der Waals surface area contributed by atoms with Gasteiger partial charge in [-0.1, -0.05) is 11.6 Å². The van der Waals surface area contributed by atoms with Gasteiger partial charge in [0.1, 0.15) is 5.75 Å². The summed E-state index contributed by atoms with van der Waals surface area (Å²) in [7, 11) is 1.64. The molecule has 72 valence electrons. The van der Waals surface area contributed by atoms with Gasteiger partial charge in [0.05, 0.1) is 17.6 Å². The van der Waals surface area contributed by atoms with Crippen molar-refractivity contribution in [1.82, 2.24) is 4.98 Å². The van der Waals surface area contributed by atoms with Crippen molar-refractivity contribution in [3.8, 4) is 5.75 Å². The Morgan fingerprint density at radius 2 is 2.14 bits per heavy atom. The molecule has 14 heavy (non-hydrogen) atoms. The highest BCUT2D eigenvalue weighted by Crippen LogP contribution is 2.25. The zero-order valence-corrected chi connectivity index (χ0v) is 8.80. The zero-order chi connectivity index (χ0) is 10.1. The van der Waals surface area contributed by atoms with E-state index in [1.807, 2.05) is 25.1 Å². The van der Waals surface area contributed by atoms with E-state index in [1.54, 1.807) is 13.3 Å². The van der Waals surface area contributed by atoms with Gasteiger partial charge in [-0.2, -0.15) is 0 Å². The van der Waals surface area contributed by atoms with E-state index >= 15 is 0 Å². The summed E-state index contributed by atoms with van der Waals surface area (Å²) >= 11 is 5.97. The Balaban J connectivity index is 2.74. The lowest BCUT2D eigenvalue weighted by Crippen LogP contribution is -1.87. The third-order valence-electron chi connectivity index (χ3n) is 2.28. The molecule has 0 saturated carbocycles. The third-order valence-corrected chi connectivity index (χ3v) is 2.67. The molecule has 0 aliphatic rings. The van der Waals surface area contributed by atoms with Crippen molar-refractivity contribution in [1.29, 1.82) is 0 Å². The number of aryl methyl sites for hydroxylation is 1. The predicted octanol–water partition coefficient (Wildman–Crippen LogP) is 3.21. The van der Waals surface area contributed by atoms with Crippen LogP contribution in [0.2, 0.25) is 5.02 Å². The molecule has 0 radical (unpaired) electrons. The zero-order valence-electron chi connectivity index (χ0n) is 8.04. The molecule has 0 aliphatic carbocycles. The van der Waals surface area contributed by atoms with Crippen molar-refractivity contribution >= 4 is 22.5 Å². The molecule has 0 N–H and O–H groups in total. The summed E-state index contributed by atoms with van der Waals surface area (Å²) in [5.41, 5.74) is 1.96. The van der Waals surface area contributed by atoms with Crippen LogP contribution in [0.1, 0.15) is 5.56 Å². The summed E-state index contributed by atoms with van der Waals surface area (Å²) < 4.78 is 5.12. The first-order valence-corrected chi connectivity index (χ1v) is 4.69. The number of fused-ring (bicyclic) bond motifs is 1. The van der Waals surface area contributed by atoms with E-state index in [9.17, 15) is 0 Å². The van der Waals surface area contributed by atoms with Crippen LogP contribution < -0.4 is 4.74 Å². The molecule has 0 atom stereocenters. The van der Waals surface area contributed by atoms with Crippen LogP contribution in [0.4, 0.5) is 0 Å². The maximum absolute atomic E-state index is 5.97. The fraction of sp³-hybridized carbons (Fsp3) is 0.182. The molecule has 2 rings (SSSR count). The Kier molecular flexibility index (Phi) is 2.30. The van der Waals surface area contributed by atoms with Gasteiger partial charge in [-0.3, -0.25) is 4.98 Å². The van der Waals surface area contributed by atoms with Gasteiger partial charge in [-0.05, 0) is 24.6 Å². The van der Waals surface area contributed by atoms with E-state index in [4.69, 9.17) is 16.3 Å². The average Bonchev–Trinajstić information content (AvgIpc) is 2.23. The molecule has 0 bridgehead atoms. The summed E-state index contributed by atoms with van der Waals surface area (Å²) in [5.74, 6) is 0.812. The van der Waals surface area contributed by atoms with Crippen LogP contribution in [0.25, 0.3) is 10.9 Å². The number of hydrogen-bond acceptors (Lipinski definition) is 2. The van der Waals surface area contributed by atoms with E-state index in [2.05, 4.69) is 4.98 Å². The SMILES string of the molecule is COc1ccc2c(C)c(Cl)cnc2c1. The fourth-order valence-electron chi connectivity index (χ4n) is 1.41. The van der Waals surface area contributed by atoms with Crippen molar-refractivity contribution in [2.45, 2.75) is 6.92 Å². The van der Waals surface area contributed by atoms with E-state index in [-0.39, 0.29) is 0 Å². The molecular formula is C11H10ClNO. The Morgan fingerprint density at radius 1 is 1.36 bits per heavy atom. The number of pyridine rings is 1. The molecule has 0 spiro atoms. The summed E-state index contributed by atoms with van der Waals surface area (Å²) in [5, 5.41) is 1.76. The van der Waals surface area contributed by atoms with Crippen LogP contribution in [0, 0.1) is 6.92 Å². The Labute approximate surface area is 87.5 Å². The maximum atomic E-state index is 5.97. The monoisotopic (exact) mass is 207 g/mol. The van der Waals surface area contributed by atoms with Gasteiger partial charge in [0.25, 0.3) is 0 Å². The van der Waals surface area contributed by atoms with Crippen molar-refractivity contribution in [3.63, 3.8) is 0 Å². The summed E-state index contributed by atoms with van der Waals surface area (Å²) in [6.45, 7) is 1.98. The molecular weight excluding hydrogens is 198 g/mol. The van der Waals surface area contributed by atoms with E-state index in [0.717, 1.165) is 22.2 Å². The van der Waals surface area contributed by atoms with Crippen molar-refractivity contribution in [3.05, 3.63) is 35.0 Å². The van der Waals surface area contributed by atoms with Crippen molar-refractivity contribution < 1.29 is 4.74 Å². The number of nitrogens with zero attached hydrogens (tertiary/aromatic N) is 1. The van der Waals surface area contributed by atoms with E-state index < -0.39 is 0 Å². The van der Waals surface area contributed by atoms with Crippen molar-refractivity contribution in [2.75, 3.05) is 7.11 Å². The third kappa shape index (κ3) is 1.42. The van der Waals surface area contributed by atoms with Gasteiger partial charge in [-0.25, -0.2) is 0 Å². The summed E-state index contributed by atoms with van der Waals surface area (Å²) in [6, 6.07) is 5.79. The Bertz CT molecular complexity index is 482. The lowest BCUT2D eigenvalue weighted by atomic mass is 10.1. The minimum atomic E-state index is 0.697. The van der Waals surface area contributed by atoms with Crippen LogP contribution in [0.15, 0.2) is 24.4 Å². The van der Waals surface area contributed by atoms with Crippen molar-refractivity contribution in [2.24, 2.45) is 0 Å². The molecule has 3 heteroatoms.